The van der Waals surface area contributed by atoms with Crippen LogP contribution in [0, 0.1) is 0 Å². The zero-order valence-electron chi connectivity index (χ0n) is 14.4. The van der Waals surface area contributed by atoms with E-state index in [1.165, 1.54) is 0 Å². The second kappa shape index (κ2) is 9.87. The first kappa shape index (κ1) is 19.0. The second-order valence-electron chi connectivity index (χ2n) is 5.26. The van der Waals surface area contributed by atoms with Gasteiger partial charge in [-0.2, -0.15) is 0 Å². The highest BCUT2D eigenvalue weighted by molar-refractivity contribution is 5.74. The highest BCUT2D eigenvalue weighted by Crippen LogP contribution is 2.23. The molecule has 1 heterocycles. The fourth-order valence-corrected chi connectivity index (χ4v) is 2.04. The van der Waals surface area contributed by atoms with Gasteiger partial charge in [0.1, 0.15) is 11.5 Å². The molecule has 0 aliphatic heterocycles. The predicted octanol–water partition coefficient (Wildman–Crippen LogP) is 2.55. The highest BCUT2D eigenvalue weighted by Gasteiger charge is 2.05. The molecule has 0 atom stereocenters. The van der Waals surface area contributed by atoms with E-state index in [-0.39, 0.29) is 19.5 Å². The van der Waals surface area contributed by atoms with E-state index in [9.17, 15) is 9.59 Å². The number of carboxylic acids is 1. The van der Waals surface area contributed by atoms with Crippen LogP contribution in [0.1, 0.15) is 18.9 Å². The maximum Gasteiger partial charge on any atom is 0.315 e. The Bertz CT molecular complexity index is 734. The van der Waals surface area contributed by atoms with Crippen molar-refractivity contribution in [2.75, 3.05) is 13.2 Å². The molecule has 0 aliphatic carbocycles. The van der Waals surface area contributed by atoms with E-state index in [0.29, 0.717) is 18.2 Å². The van der Waals surface area contributed by atoms with Gasteiger partial charge in [0.15, 0.2) is 0 Å². The first-order chi connectivity index (χ1) is 12.6. The number of carboxylic acid groups (broad SMARTS) is 1. The molecule has 8 nitrogen and oxygen atoms in total. The van der Waals surface area contributed by atoms with E-state index < -0.39 is 12.0 Å². The van der Waals surface area contributed by atoms with Crippen LogP contribution in [0.15, 0.2) is 42.6 Å². The highest BCUT2D eigenvalue weighted by atomic mass is 16.5. The summed E-state index contributed by atoms with van der Waals surface area (Å²) in [5, 5.41) is 13.6. The molecule has 1 aromatic carbocycles. The van der Waals surface area contributed by atoms with Gasteiger partial charge in [-0.05, 0) is 42.8 Å². The Morgan fingerprint density at radius 3 is 2.54 bits per heavy atom. The van der Waals surface area contributed by atoms with Crippen molar-refractivity contribution in [3.8, 4) is 17.4 Å². The van der Waals surface area contributed by atoms with Crippen molar-refractivity contribution in [1.82, 2.24) is 15.6 Å². The maximum absolute atomic E-state index is 11.6. The number of benzene rings is 1. The number of aliphatic carboxylic acids is 1. The number of urea groups is 1. The Morgan fingerprint density at radius 1 is 1.12 bits per heavy atom. The summed E-state index contributed by atoms with van der Waals surface area (Å²) in [6.07, 6.45) is 1.46. The molecule has 2 amide bonds. The molecule has 0 saturated heterocycles. The average Bonchev–Trinajstić information content (AvgIpc) is 2.62. The lowest BCUT2D eigenvalue weighted by atomic mass is 10.2. The fourth-order valence-electron chi connectivity index (χ4n) is 2.04. The molecule has 0 fully saturated rings. The van der Waals surface area contributed by atoms with Crippen LogP contribution in [0.5, 0.6) is 17.4 Å². The van der Waals surface area contributed by atoms with Crippen LogP contribution >= 0.6 is 0 Å². The van der Waals surface area contributed by atoms with E-state index in [2.05, 4.69) is 15.6 Å². The molecule has 0 bridgehead atoms. The van der Waals surface area contributed by atoms with Crippen LogP contribution in [-0.2, 0) is 11.3 Å². The molecule has 2 rings (SSSR count). The van der Waals surface area contributed by atoms with Gasteiger partial charge >= 0.3 is 12.0 Å². The van der Waals surface area contributed by atoms with Crippen molar-refractivity contribution in [3.63, 3.8) is 0 Å². The summed E-state index contributed by atoms with van der Waals surface area (Å²) in [5.74, 6) is 0.826. The Kier molecular flexibility index (Phi) is 7.23. The first-order valence-electron chi connectivity index (χ1n) is 8.16. The number of pyridine rings is 1. The van der Waals surface area contributed by atoms with E-state index >= 15 is 0 Å². The molecule has 0 unspecified atom stereocenters. The van der Waals surface area contributed by atoms with E-state index in [4.69, 9.17) is 14.6 Å². The van der Waals surface area contributed by atoms with Gasteiger partial charge in [-0.15, -0.1) is 0 Å². The predicted molar refractivity (Wildman–Crippen MR) is 94.4 cm³/mol. The molecule has 1 aromatic heterocycles. The summed E-state index contributed by atoms with van der Waals surface area (Å²) in [5.41, 5.74) is 0.800. The largest absolute Gasteiger partial charge is 0.494 e. The minimum Gasteiger partial charge on any atom is -0.494 e. The molecular weight excluding hydrogens is 338 g/mol. The molecule has 0 radical (unpaired) electrons. The zero-order valence-corrected chi connectivity index (χ0v) is 14.4. The van der Waals surface area contributed by atoms with Crippen molar-refractivity contribution in [2.24, 2.45) is 0 Å². The molecule has 26 heavy (non-hydrogen) atoms. The summed E-state index contributed by atoms with van der Waals surface area (Å²) < 4.78 is 11.1. The molecule has 0 saturated carbocycles. The molecule has 0 spiro atoms. The lowest BCUT2D eigenvalue weighted by Crippen LogP contribution is -2.36. The van der Waals surface area contributed by atoms with Crippen molar-refractivity contribution >= 4 is 12.0 Å². The third kappa shape index (κ3) is 6.68. The smallest absolute Gasteiger partial charge is 0.315 e. The van der Waals surface area contributed by atoms with Gasteiger partial charge in [-0.25, -0.2) is 9.78 Å². The standard InChI is InChI=1S/C18H21N3O5/c1-2-25-14-3-5-15(6-4-14)26-16-11-13(7-9-19-16)12-21-18(24)20-10-8-17(22)23/h3-7,9,11H,2,8,10,12H2,1H3,(H,22,23)(H2,20,21,24). The SMILES string of the molecule is CCOc1ccc(Oc2cc(CNC(=O)NCCC(=O)O)ccn2)cc1. The first-order valence-corrected chi connectivity index (χ1v) is 8.16. The van der Waals surface area contributed by atoms with Crippen LogP contribution in [-0.4, -0.2) is 35.2 Å². The number of carbonyl (C=O) groups excluding carboxylic acids is 1. The van der Waals surface area contributed by atoms with Crippen molar-refractivity contribution < 1.29 is 24.2 Å². The van der Waals surface area contributed by atoms with Crippen LogP contribution < -0.4 is 20.1 Å². The van der Waals surface area contributed by atoms with Gasteiger partial charge in [0.25, 0.3) is 0 Å². The van der Waals surface area contributed by atoms with Gasteiger partial charge < -0.3 is 25.2 Å². The Balaban J connectivity index is 1.85. The third-order valence-electron chi connectivity index (χ3n) is 3.23. The molecular formula is C18H21N3O5. The summed E-state index contributed by atoms with van der Waals surface area (Å²) in [4.78, 5) is 26.1. The summed E-state index contributed by atoms with van der Waals surface area (Å²) in [6.45, 7) is 2.85. The number of aromatic nitrogens is 1. The minimum atomic E-state index is -0.962. The number of carbonyl (C=O) groups is 2. The average molecular weight is 359 g/mol. The van der Waals surface area contributed by atoms with E-state index in [0.717, 1.165) is 11.3 Å². The Labute approximate surface area is 151 Å². The normalized spacial score (nSPS) is 10.0. The van der Waals surface area contributed by atoms with Gasteiger partial charge in [-0.3, -0.25) is 4.79 Å². The number of hydrogen-bond donors (Lipinski definition) is 3. The molecule has 8 heteroatoms. The zero-order chi connectivity index (χ0) is 18.8. The van der Waals surface area contributed by atoms with Gasteiger partial charge in [0.05, 0.1) is 13.0 Å². The fraction of sp³-hybridized carbons (Fsp3) is 0.278. The number of hydrogen-bond acceptors (Lipinski definition) is 5. The molecule has 3 N–H and O–H groups in total. The second-order valence-corrected chi connectivity index (χ2v) is 5.26. The maximum atomic E-state index is 11.6. The van der Waals surface area contributed by atoms with Crippen molar-refractivity contribution in [3.05, 3.63) is 48.2 Å². The lowest BCUT2D eigenvalue weighted by molar-refractivity contribution is -0.136. The summed E-state index contributed by atoms with van der Waals surface area (Å²) in [7, 11) is 0. The number of nitrogens with one attached hydrogen (secondary N) is 2. The molecule has 0 aliphatic rings. The number of nitrogens with zero attached hydrogens (tertiary/aromatic N) is 1. The van der Waals surface area contributed by atoms with E-state index in [1.54, 1.807) is 30.5 Å². The van der Waals surface area contributed by atoms with Crippen LogP contribution in [0.4, 0.5) is 4.79 Å². The van der Waals surface area contributed by atoms with Gasteiger partial charge in [0, 0.05) is 25.4 Å². The summed E-state index contributed by atoms with van der Waals surface area (Å²) in [6, 6.07) is 10.2. The van der Waals surface area contributed by atoms with Crippen LogP contribution in [0.25, 0.3) is 0 Å². The van der Waals surface area contributed by atoms with Crippen molar-refractivity contribution in [1.29, 1.82) is 0 Å². The number of ether oxygens (including phenoxy) is 2. The lowest BCUT2D eigenvalue weighted by Gasteiger charge is -2.09. The molecule has 138 valence electrons. The molecule has 2 aromatic rings. The topological polar surface area (TPSA) is 110 Å². The van der Waals surface area contributed by atoms with Gasteiger partial charge in [-0.1, -0.05) is 0 Å². The Morgan fingerprint density at radius 2 is 1.85 bits per heavy atom. The minimum absolute atomic E-state index is 0.0730. The van der Waals surface area contributed by atoms with Crippen LogP contribution in [0.2, 0.25) is 0 Å². The quantitative estimate of drug-likeness (QED) is 0.635. The van der Waals surface area contributed by atoms with E-state index in [1.807, 2.05) is 19.1 Å². The third-order valence-corrected chi connectivity index (χ3v) is 3.23. The number of rotatable bonds is 9. The van der Waals surface area contributed by atoms with Gasteiger partial charge in [0.2, 0.25) is 5.88 Å². The monoisotopic (exact) mass is 359 g/mol. The van der Waals surface area contributed by atoms with Crippen molar-refractivity contribution in [2.45, 2.75) is 19.9 Å². The van der Waals surface area contributed by atoms with Crippen LogP contribution in [0.3, 0.4) is 0 Å². The number of amides is 2. The summed E-state index contributed by atoms with van der Waals surface area (Å²) >= 11 is 0. The Hall–Kier alpha value is -3.29.